The molecular formula is C11H16N2O2S. The molecule has 1 fully saturated rings. The van der Waals surface area contributed by atoms with Crippen LogP contribution in [0.5, 0.6) is 0 Å². The Morgan fingerprint density at radius 2 is 2.19 bits per heavy atom. The quantitative estimate of drug-likeness (QED) is 0.760. The number of anilines is 1. The van der Waals surface area contributed by atoms with Crippen molar-refractivity contribution in [1.29, 1.82) is 0 Å². The number of hydrogen-bond donors (Lipinski definition) is 0. The first-order chi connectivity index (χ1) is 7.72. The number of carbonyl (C=O) groups is 1. The molecule has 0 amide bonds. The van der Waals surface area contributed by atoms with Gasteiger partial charge in [0.1, 0.15) is 0 Å². The Bertz CT molecular complexity index is 383. The summed E-state index contributed by atoms with van der Waals surface area (Å²) in [5.74, 6) is -0.304. The molecule has 1 aliphatic rings. The van der Waals surface area contributed by atoms with Crippen molar-refractivity contribution in [3.8, 4) is 0 Å². The summed E-state index contributed by atoms with van der Waals surface area (Å²) >= 11 is 1.58. The van der Waals surface area contributed by atoms with E-state index in [1.54, 1.807) is 18.3 Å². The second-order valence-corrected chi connectivity index (χ2v) is 5.00. The molecule has 88 valence electrons. The topological polar surface area (TPSA) is 42.4 Å². The van der Waals surface area contributed by atoms with Gasteiger partial charge in [-0.05, 0) is 26.7 Å². The molecule has 5 heteroatoms. The molecule has 16 heavy (non-hydrogen) atoms. The lowest BCUT2D eigenvalue weighted by atomic mass is 10.4. The Hall–Kier alpha value is -1.10. The van der Waals surface area contributed by atoms with Crippen molar-refractivity contribution in [3.63, 3.8) is 0 Å². The fraction of sp³-hybridized carbons (Fsp3) is 0.636. The number of aryl methyl sites for hydroxylation is 1. The molecule has 0 spiro atoms. The highest BCUT2D eigenvalue weighted by Gasteiger charge is 2.21. The van der Waals surface area contributed by atoms with Crippen LogP contribution in [0, 0.1) is 6.92 Å². The molecule has 0 aliphatic carbocycles. The molecule has 0 aromatic carbocycles. The maximum Gasteiger partial charge on any atom is 0.358 e. The van der Waals surface area contributed by atoms with E-state index in [1.807, 2.05) is 6.92 Å². The van der Waals surface area contributed by atoms with Gasteiger partial charge in [-0.25, -0.2) is 9.78 Å². The third-order valence-electron chi connectivity index (χ3n) is 2.63. The Morgan fingerprint density at radius 1 is 1.50 bits per heavy atom. The summed E-state index contributed by atoms with van der Waals surface area (Å²) in [6.07, 6.45) is 2.43. The normalized spacial score (nSPS) is 15.5. The van der Waals surface area contributed by atoms with Crippen LogP contribution in [0.4, 0.5) is 5.13 Å². The molecule has 0 unspecified atom stereocenters. The number of rotatable bonds is 3. The van der Waals surface area contributed by atoms with Gasteiger partial charge in [0.05, 0.1) is 6.61 Å². The monoisotopic (exact) mass is 240 g/mol. The van der Waals surface area contributed by atoms with Crippen molar-refractivity contribution < 1.29 is 9.53 Å². The molecular weight excluding hydrogens is 224 g/mol. The largest absolute Gasteiger partial charge is 0.461 e. The number of aromatic nitrogens is 1. The molecule has 1 aromatic rings. The number of ether oxygens (including phenoxy) is 1. The minimum absolute atomic E-state index is 0.304. The van der Waals surface area contributed by atoms with Crippen LogP contribution in [0.25, 0.3) is 0 Å². The van der Waals surface area contributed by atoms with E-state index >= 15 is 0 Å². The second-order valence-electron chi connectivity index (χ2n) is 3.82. The van der Waals surface area contributed by atoms with E-state index in [4.69, 9.17) is 4.74 Å². The Balaban J connectivity index is 2.17. The van der Waals surface area contributed by atoms with Gasteiger partial charge in [0.15, 0.2) is 10.8 Å². The van der Waals surface area contributed by atoms with Gasteiger partial charge in [-0.2, -0.15) is 0 Å². The highest BCUT2D eigenvalue weighted by molar-refractivity contribution is 7.15. The maximum atomic E-state index is 11.6. The Morgan fingerprint density at radius 3 is 2.81 bits per heavy atom. The lowest BCUT2D eigenvalue weighted by Crippen LogP contribution is -2.17. The molecule has 0 bridgehead atoms. The van der Waals surface area contributed by atoms with Crippen molar-refractivity contribution in [1.82, 2.24) is 4.98 Å². The number of esters is 1. The minimum atomic E-state index is -0.304. The van der Waals surface area contributed by atoms with Gasteiger partial charge < -0.3 is 9.64 Å². The van der Waals surface area contributed by atoms with Crippen LogP contribution in [0.3, 0.4) is 0 Å². The van der Waals surface area contributed by atoms with Crippen molar-refractivity contribution in [2.45, 2.75) is 26.7 Å². The zero-order valence-electron chi connectivity index (χ0n) is 9.65. The third kappa shape index (κ3) is 2.19. The third-order valence-corrected chi connectivity index (χ3v) is 3.66. The molecule has 4 nitrogen and oxygen atoms in total. The predicted molar refractivity (Wildman–Crippen MR) is 64.3 cm³/mol. The standard InChI is InChI=1S/C11H16N2O2S/c1-3-15-10(14)9-8(2)16-11(12-9)13-6-4-5-7-13/h3-7H2,1-2H3. The van der Waals surface area contributed by atoms with E-state index in [-0.39, 0.29) is 5.97 Å². The van der Waals surface area contributed by atoms with E-state index in [0.717, 1.165) is 23.1 Å². The zero-order chi connectivity index (χ0) is 11.5. The summed E-state index contributed by atoms with van der Waals surface area (Å²) < 4.78 is 4.97. The van der Waals surface area contributed by atoms with Gasteiger partial charge in [-0.1, -0.05) is 0 Å². The first-order valence-electron chi connectivity index (χ1n) is 5.62. The highest BCUT2D eigenvalue weighted by atomic mass is 32.1. The second kappa shape index (κ2) is 4.82. The van der Waals surface area contributed by atoms with E-state index in [9.17, 15) is 4.79 Å². The van der Waals surface area contributed by atoms with Crippen LogP contribution in [-0.2, 0) is 4.74 Å². The van der Waals surface area contributed by atoms with Crippen LogP contribution in [0.15, 0.2) is 0 Å². The smallest absolute Gasteiger partial charge is 0.358 e. The van der Waals surface area contributed by atoms with Gasteiger partial charge in [-0.3, -0.25) is 0 Å². The summed E-state index contributed by atoms with van der Waals surface area (Å²) in [4.78, 5) is 19.2. The van der Waals surface area contributed by atoms with Gasteiger partial charge in [0.2, 0.25) is 0 Å². The molecule has 0 radical (unpaired) electrons. The van der Waals surface area contributed by atoms with Gasteiger partial charge in [0.25, 0.3) is 0 Å². The van der Waals surface area contributed by atoms with Crippen molar-refractivity contribution in [2.24, 2.45) is 0 Å². The van der Waals surface area contributed by atoms with Crippen LogP contribution in [-0.4, -0.2) is 30.6 Å². The SMILES string of the molecule is CCOC(=O)c1nc(N2CCCC2)sc1C. The summed E-state index contributed by atoms with van der Waals surface area (Å²) in [7, 11) is 0. The first kappa shape index (κ1) is 11.4. The fourth-order valence-corrected chi connectivity index (χ4v) is 2.76. The predicted octanol–water partition coefficient (Wildman–Crippen LogP) is 2.23. The van der Waals surface area contributed by atoms with E-state index in [0.29, 0.717) is 12.3 Å². The molecule has 1 aromatic heterocycles. The Kier molecular flexibility index (Phi) is 3.43. The van der Waals surface area contributed by atoms with Gasteiger partial charge in [-0.15, -0.1) is 11.3 Å². The van der Waals surface area contributed by atoms with Gasteiger partial charge >= 0.3 is 5.97 Å². The first-order valence-corrected chi connectivity index (χ1v) is 6.43. The van der Waals surface area contributed by atoms with Crippen molar-refractivity contribution in [3.05, 3.63) is 10.6 Å². The molecule has 1 aliphatic heterocycles. The molecule has 0 saturated carbocycles. The molecule has 1 saturated heterocycles. The molecule has 2 rings (SSSR count). The van der Waals surface area contributed by atoms with Crippen LogP contribution >= 0.6 is 11.3 Å². The van der Waals surface area contributed by atoms with Crippen molar-refractivity contribution in [2.75, 3.05) is 24.6 Å². The van der Waals surface area contributed by atoms with Crippen LogP contribution in [0.1, 0.15) is 35.1 Å². The van der Waals surface area contributed by atoms with E-state index in [1.165, 1.54) is 12.8 Å². The fourth-order valence-electron chi connectivity index (χ4n) is 1.81. The van der Waals surface area contributed by atoms with Crippen molar-refractivity contribution >= 4 is 22.4 Å². The highest BCUT2D eigenvalue weighted by Crippen LogP contribution is 2.28. The minimum Gasteiger partial charge on any atom is -0.461 e. The lowest BCUT2D eigenvalue weighted by Gasteiger charge is -2.12. The number of thiazole rings is 1. The molecule has 0 atom stereocenters. The van der Waals surface area contributed by atoms with E-state index < -0.39 is 0 Å². The average molecular weight is 240 g/mol. The van der Waals surface area contributed by atoms with Crippen LogP contribution < -0.4 is 4.90 Å². The molecule has 2 heterocycles. The summed E-state index contributed by atoms with van der Waals surface area (Å²) in [6, 6.07) is 0. The summed E-state index contributed by atoms with van der Waals surface area (Å²) in [5, 5.41) is 0.957. The maximum absolute atomic E-state index is 11.6. The average Bonchev–Trinajstić information content (AvgIpc) is 2.86. The number of nitrogens with zero attached hydrogens (tertiary/aromatic N) is 2. The Labute approximate surface area is 99.2 Å². The number of hydrogen-bond acceptors (Lipinski definition) is 5. The number of carbonyl (C=O) groups excluding carboxylic acids is 1. The summed E-state index contributed by atoms with van der Waals surface area (Å²) in [5.41, 5.74) is 0.480. The lowest BCUT2D eigenvalue weighted by molar-refractivity contribution is 0.0519. The van der Waals surface area contributed by atoms with Gasteiger partial charge in [0, 0.05) is 18.0 Å². The van der Waals surface area contributed by atoms with E-state index in [2.05, 4.69) is 9.88 Å². The van der Waals surface area contributed by atoms with Crippen LogP contribution in [0.2, 0.25) is 0 Å². The zero-order valence-corrected chi connectivity index (χ0v) is 10.5. The summed E-state index contributed by atoms with van der Waals surface area (Å²) in [6.45, 7) is 6.23. The molecule has 0 N–H and O–H groups in total.